The van der Waals surface area contributed by atoms with Gasteiger partial charge >= 0.3 is 0 Å². The summed E-state index contributed by atoms with van der Waals surface area (Å²) in [5.41, 5.74) is 0. The molecular weight excluding hydrogens is 172 g/mol. The van der Waals surface area contributed by atoms with Gasteiger partial charge in [0.1, 0.15) is 5.78 Å². The van der Waals surface area contributed by atoms with Crippen LogP contribution in [0, 0.1) is 23.7 Å². The van der Waals surface area contributed by atoms with Crippen LogP contribution in [0.2, 0.25) is 0 Å². The van der Waals surface area contributed by atoms with Crippen molar-refractivity contribution in [1.29, 1.82) is 0 Å². The summed E-state index contributed by atoms with van der Waals surface area (Å²) < 4.78 is 0. The van der Waals surface area contributed by atoms with E-state index in [9.17, 15) is 4.79 Å². The molecule has 0 aromatic rings. The maximum Gasteiger partial charge on any atom is 0.136 e. The maximum atomic E-state index is 11.9. The van der Waals surface area contributed by atoms with E-state index in [1.165, 1.54) is 6.42 Å². The molecule has 1 heteroatoms. The second kappa shape index (κ2) is 3.88. The highest BCUT2D eigenvalue weighted by molar-refractivity contribution is 5.82. The number of ketones is 1. The Balaban J connectivity index is 2.09. The Labute approximate surface area is 86.6 Å². The molecule has 2 rings (SSSR count). The highest BCUT2D eigenvalue weighted by Gasteiger charge is 2.37. The minimum Gasteiger partial charge on any atom is -0.299 e. The van der Waals surface area contributed by atoms with Crippen LogP contribution >= 0.6 is 0 Å². The van der Waals surface area contributed by atoms with Crippen LogP contribution in [0.15, 0.2) is 12.2 Å². The fourth-order valence-electron chi connectivity index (χ4n) is 2.92. The van der Waals surface area contributed by atoms with E-state index < -0.39 is 0 Å². The molecule has 0 spiro atoms. The molecule has 2 aliphatic rings. The Bertz CT molecular complexity index is 252. The first-order valence-electron chi connectivity index (χ1n) is 5.86. The first-order chi connectivity index (χ1) is 6.68. The van der Waals surface area contributed by atoms with Crippen LogP contribution in [0.4, 0.5) is 0 Å². The number of rotatable bonds is 1. The third-order valence-electron chi connectivity index (χ3n) is 3.99. The van der Waals surface area contributed by atoms with Crippen LogP contribution in [0.3, 0.4) is 0 Å². The first kappa shape index (κ1) is 9.95. The number of hydrogen-bond donors (Lipinski definition) is 0. The quantitative estimate of drug-likeness (QED) is 0.583. The fraction of sp³-hybridized carbons (Fsp3) is 0.769. The Morgan fingerprint density at radius 2 is 2.00 bits per heavy atom. The van der Waals surface area contributed by atoms with Crippen molar-refractivity contribution in [2.45, 2.75) is 39.5 Å². The van der Waals surface area contributed by atoms with Crippen molar-refractivity contribution in [1.82, 2.24) is 0 Å². The number of fused-ring (bicyclic) bond motifs is 1. The van der Waals surface area contributed by atoms with Crippen molar-refractivity contribution >= 4 is 5.78 Å². The Hall–Kier alpha value is -0.590. The lowest BCUT2D eigenvalue weighted by Crippen LogP contribution is -2.35. The van der Waals surface area contributed by atoms with Gasteiger partial charge in [-0.15, -0.1) is 0 Å². The molecule has 2 aliphatic carbocycles. The van der Waals surface area contributed by atoms with E-state index in [0.717, 1.165) is 19.3 Å². The molecule has 0 aliphatic heterocycles. The lowest BCUT2D eigenvalue weighted by Gasteiger charge is -2.37. The molecule has 0 heterocycles. The van der Waals surface area contributed by atoms with Gasteiger partial charge in [0, 0.05) is 12.3 Å². The second-order valence-electron chi connectivity index (χ2n) is 5.22. The van der Waals surface area contributed by atoms with Gasteiger partial charge in [0.2, 0.25) is 0 Å². The summed E-state index contributed by atoms with van der Waals surface area (Å²) in [6.07, 6.45) is 8.71. The molecule has 1 saturated carbocycles. The standard InChI is InChI=1S/C13H20O/c1-9(2)11-7-10-5-3-4-6-12(10)13(14)8-11/h3-4,9-12H,5-8H2,1-2H3/t10-,11+,12+/m0/s1. The maximum absolute atomic E-state index is 11.9. The summed E-state index contributed by atoms with van der Waals surface area (Å²) >= 11 is 0. The zero-order valence-electron chi connectivity index (χ0n) is 9.20. The minimum atomic E-state index is 0.370. The van der Waals surface area contributed by atoms with Crippen LogP contribution in [-0.2, 0) is 4.79 Å². The zero-order chi connectivity index (χ0) is 10.1. The van der Waals surface area contributed by atoms with Gasteiger partial charge in [0.05, 0.1) is 0 Å². The Kier molecular flexibility index (Phi) is 2.76. The van der Waals surface area contributed by atoms with Crippen LogP contribution in [0.5, 0.6) is 0 Å². The molecule has 0 unspecified atom stereocenters. The highest BCUT2D eigenvalue weighted by Crippen LogP contribution is 2.40. The van der Waals surface area contributed by atoms with E-state index in [1.807, 2.05) is 0 Å². The van der Waals surface area contributed by atoms with E-state index in [0.29, 0.717) is 29.5 Å². The van der Waals surface area contributed by atoms with Crippen LogP contribution < -0.4 is 0 Å². The normalized spacial score (nSPS) is 37.4. The molecule has 0 saturated heterocycles. The number of carbonyl (C=O) groups excluding carboxylic acids is 1. The van der Waals surface area contributed by atoms with Crippen LogP contribution in [0.1, 0.15) is 39.5 Å². The molecule has 1 fully saturated rings. The lowest BCUT2D eigenvalue weighted by atomic mass is 9.66. The van der Waals surface area contributed by atoms with Gasteiger partial charge < -0.3 is 0 Å². The van der Waals surface area contributed by atoms with Gasteiger partial charge in [-0.1, -0.05) is 26.0 Å². The molecule has 0 aromatic carbocycles. The molecule has 14 heavy (non-hydrogen) atoms. The molecule has 0 radical (unpaired) electrons. The first-order valence-corrected chi connectivity index (χ1v) is 5.86. The number of hydrogen-bond acceptors (Lipinski definition) is 1. The van der Waals surface area contributed by atoms with Crippen molar-refractivity contribution in [3.05, 3.63) is 12.2 Å². The molecule has 1 nitrogen and oxygen atoms in total. The molecule has 78 valence electrons. The van der Waals surface area contributed by atoms with Crippen molar-refractivity contribution in [3.8, 4) is 0 Å². The van der Waals surface area contributed by atoms with E-state index in [2.05, 4.69) is 26.0 Å². The van der Waals surface area contributed by atoms with Gasteiger partial charge in [-0.25, -0.2) is 0 Å². The van der Waals surface area contributed by atoms with Crippen molar-refractivity contribution in [2.75, 3.05) is 0 Å². The van der Waals surface area contributed by atoms with E-state index in [-0.39, 0.29) is 0 Å². The minimum absolute atomic E-state index is 0.370. The smallest absolute Gasteiger partial charge is 0.136 e. The van der Waals surface area contributed by atoms with Gasteiger partial charge in [-0.3, -0.25) is 4.79 Å². The third-order valence-corrected chi connectivity index (χ3v) is 3.99. The monoisotopic (exact) mass is 192 g/mol. The van der Waals surface area contributed by atoms with Gasteiger partial charge in [0.15, 0.2) is 0 Å². The summed E-state index contributed by atoms with van der Waals surface area (Å²) in [4.78, 5) is 11.9. The SMILES string of the molecule is CC(C)[C@H]1CC(=O)[C@@H]2CC=CC[C@H]2C1. The molecule has 3 atom stereocenters. The van der Waals surface area contributed by atoms with Gasteiger partial charge in [0.25, 0.3) is 0 Å². The Morgan fingerprint density at radius 1 is 1.29 bits per heavy atom. The van der Waals surface area contributed by atoms with E-state index in [4.69, 9.17) is 0 Å². The average molecular weight is 192 g/mol. The van der Waals surface area contributed by atoms with Crippen LogP contribution in [-0.4, -0.2) is 5.78 Å². The average Bonchev–Trinajstić information content (AvgIpc) is 2.17. The molecule has 0 aromatic heterocycles. The molecule has 0 N–H and O–H groups in total. The van der Waals surface area contributed by atoms with Gasteiger partial charge in [-0.05, 0) is 37.0 Å². The van der Waals surface area contributed by atoms with Crippen molar-refractivity contribution < 1.29 is 4.79 Å². The summed E-state index contributed by atoms with van der Waals surface area (Å²) in [7, 11) is 0. The van der Waals surface area contributed by atoms with Gasteiger partial charge in [-0.2, -0.15) is 0 Å². The molecule has 0 bridgehead atoms. The van der Waals surface area contributed by atoms with E-state index >= 15 is 0 Å². The van der Waals surface area contributed by atoms with Crippen LogP contribution in [0.25, 0.3) is 0 Å². The Morgan fingerprint density at radius 3 is 2.71 bits per heavy atom. The third kappa shape index (κ3) is 1.77. The second-order valence-corrected chi connectivity index (χ2v) is 5.22. The largest absolute Gasteiger partial charge is 0.299 e. The van der Waals surface area contributed by atoms with E-state index in [1.54, 1.807) is 0 Å². The predicted octanol–water partition coefficient (Wildman–Crippen LogP) is 3.20. The van der Waals surface area contributed by atoms with Crippen molar-refractivity contribution in [2.24, 2.45) is 23.7 Å². The highest BCUT2D eigenvalue weighted by atomic mass is 16.1. The summed E-state index contributed by atoms with van der Waals surface area (Å²) in [6.45, 7) is 4.49. The fourth-order valence-corrected chi connectivity index (χ4v) is 2.92. The summed E-state index contributed by atoms with van der Waals surface area (Å²) in [5, 5.41) is 0. The lowest BCUT2D eigenvalue weighted by molar-refractivity contribution is -0.129. The number of allylic oxidation sites excluding steroid dienone is 2. The molecular formula is C13H20O. The number of carbonyl (C=O) groups is 1. The predicted molar refractivity (Wildman–Crippen MR) is 57.9 cm³/mol. The van der Waals surface area contributed by atoms with Crippen molar-refractivity contribution in [3.63, 3.8) is 0 Å². The topological polar surface area (TPSA) is 17.1 Å². The number of Topliss-reactive ketones (excluding diaryl/α,β-unsaturated/α-hetero) is 1. The zero-order valence-corrected chi connectivity index (χ0v) is 9.20. The summed E-state index contributed by atoms with van der Waals surface area (Å²) in [5.74, 6) is 2.88. The summed E-state index contributed by atoms with van der Waals surface area (Å²) in [6, 6.07) is 0. The molecule has 0 amide bonds.